The molecule has 0 fully saturated rings. The van der Waals surface area contributed by atoms with Crippen LogP contribution in [0.5, 0.6) is 0 Å². The maximum absolute atomic E-state index is 10.7. The van der Waals surface area contributed by atoms with E-state index in [1.54, 1.807) is 18.3 Å². The average molecular weight is 261 g/mol. The van der Waals surface area contributed by atoms with Gasteiger partial charge in [0.15, 0.2) is 5.69 Å². The second kappa shape index (κ2) is 5.30. The highest BCUT2D eigenvalue weighted by molar-refractivity contribution is 5.84. The third-order valence-electron chi connectivity index (χ3n) is 2.64. The number of carboxylic acid groups (broad SMARTS) is 1. The molecule has 98 valence electrons. The normalized spacial score (nSPS) is 10.3. The minimum absolute atomic E-state index is 0.00343. The van der Waals surface area contributed by atoms with E-state index in [1.165, 1.54) is 22.9 Å². The number of nitro groups is 1. The number of carbonyl (C=O) groups is 1. The molecular weight excluding hydrogens is 250 g/mol. The molecule has 2 rings (SSSR count). The van der Waals surface area contributed by atoms with Gasteiger partial charge in [-0.3, -0.25) is 14.8 Å². The molecule has 19 heavy (non-hydrogen) atoms. The van der Waals surface area contributed by atoms with Gasteiger partial charge in [0.05, 0.1) is 4.92 Å². The molecule has 0 aliphatic heterocycles. The van der Waals surface area contributed by atoms with Gasteiger partial charge in [-0.05, 0) is 18.1 Å². The van der Waals surface area contributed by atoms with E-state index >= 15 is 0 Å². The summed E-state index contributed by atoms with van der Waals surface area (Å²) in [6, 6.07) is 7.68. The van der Waals surface area contributed by atoms with E-state index in [2.05, 4.69) is 5.10 Å². The Morgan fingerprint density at radius 1 is 1.32 bits per heavy atom. The molecule has 0 radical (unpaired) electrons. The first kappa shape index (κ1) is 12.7. The Bertz CT molecular complexity index is 604. The van der Waals surface area contributed by atoms with Crippen molar-refractivity contribution in [3.63, 3.8) is 0 Å². The highest BCUT2D eigenvalue weighted by Gasteiger charge is 2.07. The first-order valence-corrected chi connectivity index (χ1v) is 5.56. The molecule has 7 heteroatoms. The molecule has 0 saturated heterocycles. The third-order valence-corrected chi connectivity index (χ3v) is 2.64. The number of hydrogen-bond donors (Lipinski definition) is 1. The molecule has 1 aromatic carbocycles. The molecular formula is C12H11N3O4. The second-order valence-electron chi connectivity index (χ2n) is 3.94. The summed E-state index contributed by atoms with van der Waals surface area (Å²) in [6.07, 6.45) is 2.22. The summed E-state index contributed by atoms with van der Waals surface area (Å²) in [7, 11) is 0. The van der Waals surface area contributed by atoms with E-state index < -0.39 is 10.9 Å². The summed E-state index contributed by atoms with van der Waals surface area (Å²) in [4.78, 5) is 20.7. The molecule has 0 atom stereocenters. The van der Waals surface area contributed by atoms with E-state index in [0.29, 0.717) is 13.0 Å². The molecule has 0 spiro atoms. The van der Waals surface area contributed by atoms with Gasteiger partial charge >= 0.3 is 5.97 Å². The van der Waals surface area contributed by atoms with Gasteiger partial charge in [-0.25, -0.2) is 4.79 Å². The number of nitro benzene ring substituents is 1. The van der Waals surface area contributed by atoms with Crippen molar-refractivity contribution >= 4 is 11.7 Å². The van der Waals surface area contributed by atoms with Crippen LogP contribution in [0.1, 0.15) is 16.1 Å². The van der Waals surface area contributed by atoms with Gasteiger partial charge in [0, 0.05) is 24.9 Å². The van der Waals surface area contributed by atoms with Crippen LogP contribution in [0.15, 0.2) is 36.5 Å². The number of aryl methyl sites for hydroxylation is 2. The largest absolute Gasteiger partial charge is 0.476 e. The number of rotatable bonds is 5. The summed E-state index contributed by atoms with van der Waals surface area (Å²) < 4.78 is 1.53. The van der Waals surface area contributed by atoms with Gasteiger partial charge < -0.3 is 5.11 Å². The van der Waals surface area contributed by atoms with Crippen molar-refractivity contribution in [2.24, 2.45) is 0 Å². The topological polar surface area (TPSA) is 98.3 Å². The van der Waals surface area contributed by atoms with Crippen LogP contribution in [-0.4, -0.2) is 25.8 Å². The number of aromatic nitrogens is 2. The lowest BCUT2D eigenvalue weighted by Gasteiger charge is -2.01. The van der Waals surface area contributed by atoms with Crippen LogP contribution < -0.4 is 0 Å². The van der Waals surface area contributed by atoms with Crippen LogP contribution in [0.4, 0.5) is 5.69 Å². The quantitative estimate of drug-likeness (QED) is 0.652. The van der Waals surface area contributed by atoms with Crippen molar-refractivity contribution < 1.29 is 14.8 Å². The average Bonchev–Trinajstić information content (AvgIpc) is 2.86. The maximum Gasteiger partial charge on any atom is 0.356 e. The van der Waals surface area contributed by atoms with E-state index in [1.807, 2.05) is 0 Å². The van der Waals surface area contributed by atoms with Crippen molar-refractivity contribution in [3.05, 3.63) is 57.9 Å². The Balaban J connectivity index is 1.97. The summed E-state index contributed by atoms with van der Waals surface area (Å²) in [5, 5.41) is 23.1. The van der Waals surface area contributed by atoms with Crippen LogP contribution in [0.2, 0.25) is 0 Å². The number of benzene rings is 1. The maximum atomic E-state index is 10.7. The summed E-state index contributed by atoms with van der Waals surface area (Å²) in [5.41, 5.74) is 0.984. The van der Waals surface area contributed by atoms with E-state index in [0.717, 1.165) is 5.56 Å². The Morgan fingerprint density at radius 3 is 2.53 bits per heavy atom. The molecule has 0 aliphatic carbocycles. The van der Waals surface area contributed by atoms with Crippen molar-refractivity contribution in [2.75, 3.05) is 0 Å². The fourth-order valence-electron chi connectivity index (χ4n) is 1.63. The van der Waals surface area contributed by atoms with Gasteiger partial charge in [0.1, 0.15) is 0 Å². The Kier molecular flexibility index (Phi) is 3.56. The highest BCUT2D eigenvalue weighted by atomic mass is 16.6. The molecule has 7 nitrogen and oxygen atoms in total. The van der Waals surface area contributed by atoms with Crippen molar-refractivity contribution in [1.29, 1.82) is 0 Å². The monoisotopic (exact) mass is 261 g/mol. The third kappa shape index (κ3) is 3.15. The lowest BCUT2D eigenvalue weighted by Crippen LogP contribution is -2.05. The Labute approximate surface area is 108 Å². The molecule has 0 aliphatic rings. The predicted molar refractivity (Wildman–Crippen MR) is 66.0 cm³/mol. The number of nitrogens with zero attached hydrogens (tertiary/aromatic N) is 3. The number of hydrogen-bond acceptors (Lipinski definition) is 4. The molecule has 0 saturated carbocycles. The van der Waals surface area contributed by atoms with Crippen LogP contribution in [0, 0.1) is 10.1 Å². The summed E-state index contributed by atoms with van der Waals surface area (Å²) in [5.74, 6) is -1.06. The molecule has 0 unspecified atom stereocenters. The zero-order valence-corrected chi connectivity index (χ0v) is 9.89. The van der Waals surface area contributed by atoms with E-state index in [9.17, 15) is 14.9 Å². The molecule has 0 bridgehead atoms. The lowest BCUT2D eigenvalue weighted by atomic mass is 10.1. The van der Waals surface area contributed by atoms with Crippen LogP contribution in [-0.2, 0) is 13.0 Å². The second-order valence-corrected chi connectivity index (χ2v) is 3.94. The zero-order chi connectivity index (χ0) is 13.8. The number of aromatic carboxylic acids is 1. The molecule has 1 aromatic heterocycles. The summed E-state index contributed by atoms with van der Waals surface area (Å²) >= 11 is 0. The first-order chi connectivity index (χ1) is 9.06. The standard InChI is InChI=1S/C12H11N3O4/c16-12(17)11-6-8-14(13-11)7-5-9-1-3-10(4-2-9)15(18)19/h1-4,6,8H,5,7H2,(H,16,17). The first-order valence-electron chi connectivity index (χ1n) is 5.56. The summed E-state index contributed by atoms with van der Waals surface area (Å²) in [6.45, 7) is 0.519. The van der Waals surface area contributed by atoms with Crippen molar-refractivity contribution in [1.82, 2.24) is 9.78 Å². The molecule has 2 aromatic rings. The Hall–Kier alpha value is -2.70. The minimum Gasteiger partial charge on any atom is -0.476 e. The van der Waals surface area contributed by atoms with Gasteiger partial charge in [-0.1, -0.05) is 12.1 Å². The fourth-order valence-corrected chi connectivity index (χ4v) is 1.63. The van der Waals surface area contributed by atoms with Gasteiger partial charge in [-0.2, -0.15) is 5.10 Å². The number of carboxylic acids is 1. The van der Waals surface area contributed by atoms with Crippen LogP contribution in [0.25, 0.3) is 0 Å². The smallest absolute Gasteiger partial charge is 0.356 e. The van der Waals surface area contributed by atoms with E-state index in [4.69, 9.17) is 5.11 Å². The van der Waals surface area contributed by atoms with Gasteiger partial charge in [0.2, 0.25) is 0 Å². The van der Waals surface area contributed by atoms with Crippen molar-refractivity contribution in [2.45, 2.75) is 13.0 Å². The van der Waals surface area contributed by atoms with Gasteiger partial charge in [0.25, 0.3) is 5.69 Å². The van der Waals surface area contributed by atoms with Gasteiger partial charge in [-0.15, -0.1) is 0 Å². The minimum atomic E-state index is -1.06. The number of non-ortho nitro benzene ring substituents is 1. The van der Waals surface area contributed by atoms with Crippen molar-refractivity contribution in [3.8, 4) is 0 Å². The highest BCUT2D eigenvalue weighted by Crippen LogP contribution is 2.12. The molecule has 1 N–H and O–H groups in total. The zero-order valence-electron chi connectivity index (χ0n) is 9.89. The molecule has 1 heterocycles. The molecule has 0 amide bonds. The predicted octanol–water partition coefficient (Wildman–Crippen LogP) is 1.73. The SMILES string of the molecule is O=C(O)c1ccn(CCc2ccc([N+](=O)[O-])cc2)n1. The van der Waals surface area contributed by atoms with Crippen LogP contribution >= 0.6 is 0 Å². The lowest BCUT2D eigenvalue weighted by molar-refractivity contribution is -0.384. The Morgan fingerprint density at radius 2 is 2.00 bits per heavy atom. The fraction of sp³-hybridized carbons (Fsp3) is 0.167. The van der Waals surface area contributed by atoms with E-state index in [-0.39, 0.29) is 11.4 Å². The van der Waals surface area contributed by atoms with Crippen LogP contribution in [0.3, 0.4) is 0 Å².